The molecule has 0 aromatic heterocycles. The zero-order valence-electron chi connectivity index (χ0n) is 17.6. The van der Waals surface area contributed by atoms with Crippen LogP contribution in [0.15, 0.2) is 24.3 Å². The van der Waals surface area contributed by atoms with Gasteiger partial charge in [-0.25, -0.2) is 9.59 Å². The highest BCUT2D eigenvalue weighted by atomic mass is 16.7. The molecule has 1 aliphatic carbocycles. The molecule has 0 aliphatic heterocycles. The Morgan fingerprint density at radius 1 is 0.862 bits per heavy atom. The van der Waals surface area contributed by atoms with Gasteiger partial charge in [0.25, 0.3) is 0 Å². The fourth-order valence-corrected chi connectivity index (χ4v) is 3.63. The Kier molecular flexibility index (Phi) is 6.30. The Balaban J connectivity index is 2.14. The lowest BCUT2D eigenvalue weighted by Gasteiger charge is -2.27. The van der Waals surface area contributed by atoms with Crippen LogP contribution in [0.4, 0.5) is 9.59 Å². The topological polar surface area (TPSA) is 71.1 Å². The molecule has 1 aliphatic rings. The SMILES string of the molecule is CC1CCc2c(c(OC(=O)OC(C)C)c3ccccc3c2OC(=O)OC(C)C)C1. The standard InChI is InChI=1S/C23H28O6/c1-13(2)26-22(24)28-20-16-8-6-7-9-17(16)21(29-23(25)27-14(3)4)19-12-15(5)10-11-18(19)20/h6-9,13-15H,10-12H2,1-5H3. The summed E-state index contributed by atoms with van der Waals surface area (Å²) in [5, 5.41) is 1.40. The lowest BCUT2D eigenvalue weighted by molar-refractivity contribution is 0.0706. The maximum Gasteiger partial charge on any atom is 0.514 e. The second-order valence-corrected chi connectivity index (χ2v) is 8.05. The second-order valence-electron chi connectivity index (χ2n) is 8.05. The van der Waals surface area contributed by atoms with Gasteiger partial charge in [-0.05, 0) is 52.9 Å². The number of hydrogen-bond donors (Lipinski definition) is 0. The molecule has 0 saturated heterocycles. The van der Waals surface area contributed by atoms with E-state index in [0.29, 0.717) is 28.2 Å². The van der Waals surface area contributed by atoms with Gasteiger partial charge >= 0.3 is 12.3 Å². The van der Waals surface area contributed by atoms with Crippen molar-refractivity contribution in [1.29, 1.82) is 0 Å². The molecule has 1 unspecified atom stereocenters. The van der Waals surface area contributed by atoms with Crippen LogP contribution in [0.5, 0.6) is 11.5 Å². The van der Waals surface area contributed by atoms with Crippen LogP contribution in [0.3, 0.4) is 0 Å². The van der Waals surface area contributed by atoms with Gasteiger partial charge in [0, 0.05) is 21.9 Å². The monoisotopic (exact) mass is 400 g/mol. The molecular formula is C23H28O6. The fraction of sp³-hybridized carbons (Fsp3) is 0.478. The molecule has 1 atom stereocenters. The molecule has 6 nitrogen and oxygen atoms in total. The van der Waals surface area contributed by atoms with Crippen LogP contribution in [-0.2, 0) is 22.3 Å². The summed E-state index contributed by atoms with van der Waals surface area (Å²) in [5.74, 6) is 1.39. The Hall–Kier alpha value is -2.76. The third-order valence-electron chi connectivity index (χ3n) is 4.80. The van der Waals surface area contributed by atoms with Crippen LogP contribution in [0, 0.1) is 5.92 Å². The van der Waals surface area contributed by atoms with E-state index in [1.807, 2.05) is 24.3 Å². The number of carbonyl (C=O) groups excluding carboxylic acids is 2. The van der Waals surface area contributed by atoms with E-state index in [1.54, 1.807) is 27.7 Å². The van der Waals surface area contributed by atoms with Gasteiger partial charge in [0.1, 0.15) is 11.5 Å². The van der Waals surface area contributed by atoms with Gasteiger partial charge in [-0.1, -0.05) is 31.2 Å². The molecule has 156 valence electrons. The van der Waals surface area contributed by atoms with Crippen molar-refractivity contribution in [2.75, 3.05) is 0 Å². The minimum Gasteiger partial charge on any atom is -0.431 e. The van der Waals surface area contributed by atoms with Crippen molar-refractivity contribution in [1.82, 2.24) is 0 Å². The first-order valence-electron chi connectivity index (χ1n) is 10.1. The number of carbonyl (C=O) groups is 2. The normalized spacial score (nSPS) is 15.9. The number of benzene rings is 2. The van der Waals surface area contributed by atoms with Crippen molar-refractivity contribution in [3.63, 3.8) is 0 Å². The minimum atomic E-state index is -0.738. The van der Waals surface area contributed by atoms with Gasteiger partial charge in [-0.2, -0.15) is 0 Å². The average molecular weight is 400 g/mol. The fourth-order valence-electron chi connectivity index (χ4n) is 3.63. The highest BCUT2D eigenvalue weighted by Crippen LogP contribution is 2.45. The van der Waals surface area contributed by atoms with Crippen LogP contribution in [0.25, 0.3) is 10.8 Å². The van der Waals surface area contributed by atoms with Crippen LogP contribution in [-0.4, -0.2) is 24.5 Å². The molecule has 0 fully saturated rings. The van der Waals surface area contributed by atoms with Gasteiger partial charge < -0.3 is 18.9 Å². The van der Waals surface area contributed by atoms with Crippen molar-refractivity contribution in [2.45, 2.75) is 66.1 Å². The first-order valence-corrected chi connectivity index (χ1v) is 10.1. The molecule has 2 aromatic carbocycles. The van der Waals surface area contributed by atoms with Gasteiger partial charge in [-0.15, -0.1) is 0 Å². The highest BCUT2D eigenvalue weighted by Gasteiger charge is 2.29. The Morgan fingerprint density at radius 3 is 1.83 bits per heavy atom. The molecule has 29 heavy (non-hydrogen) atoms. The molecule has 2 aromatic rings. The second kappa shape index (κ2) is 8.72. The van der Waals surface area contributed by atoms with Crippen molar-refractivity contribution >= 4 is 23.1 Å². The molecule has 0 bridgehead atoms. The number of fused-ring (bicyclic) bond motifs is 2. The molecule has 0 spiro atoms. The zero-order chi connectivity index (χ0) is 21.1. The smallest absolute Gasteiger partial charge is 0.431 e. The maximum atomic E-state index is 12.3. The first-order chi connectivity index (χ1) is 13.8. The quantitative estimate of drug-likeness (QED) is 0.476. The first kappa shape index (κ1) is 21.0. The van der Waals surface area contributed by atoms with E-state index in [-0.39, 0.29) is 12.2 Å². The molecule has 6 heteroatoms. The summed E-state index contributed by atoms with van der Waals surface area (Å²) in [7, 11) is 0. The van der Waals surface area contributed by atoms with Crippen molar-refractivity contribution < 1.29 is 28.5 Å². The number of ether oxygens (including phenoxy) is 4. The van der Waals surface area contributed by atoms with E-state index < -0.39 is 12.3 Å². The molecular weight excluding hydrogens is 372 g/mol. The Morgan fingerprint density at radius 2 is 1.34 bits per heavy atom. The maximum absolute atomic E-state index is 12.3. The van der Waals surface area contributed by atoms with E-state index in [1.165, 1.54) is 0 Å². The summed E-state index contributed by atoms with van der Waals surface area (Å²) in [4.78, 5) is 24.5. The van der Waals surface area contributed by atoms with Gasteiger partial charge in [0.2, 0.25) is 0 Å². The lowest BCUT2D eigenvalue weighted by atomic mass is 9.82. The summed E-state index contributed by atoms with van der Waals surface area (Å²) in [6.07, 6.45) is 0.366. The lowest BCUT2D eigenvalue weighted by Crippen LogP contribution is -2.21. The summed E-state index contributed by atoms with van der Waals surface area (Å²) in [6, 6.07) is 7.43. The molecule has 0 amide bonds. The third-order valence-corrected chi connectivity index (χ3v) is 4.80. The Bertz CT molecular complexity index is 915. The summed E-state index contributed by atoms with van der Waals surface area (Å²) < 4.78 is 21.7. The largest absolute Gasteiger partial charge is 0.514 e. The zero-order valence-corrected chi connectivity index (χ0v) is 17.6. The molecule has 0 heterocycles. The van der Waals surface area contributed by atoms with Crippen molar-refractivity contribution in [3.05, 3.63) is 35.4 Å². The number of hydrogen-bond acceptors (Lipinski definition) is 6. The predicted octanol–water partition coefficient (Wildman–Crippen LogP) is 5.81. The summed E-state index contributed by atoms with van der Waals surface area (Å²) in [5.41, 5.74) is 1.77. The third kappa shape index (κ3) is 4.81. The van der Waals surface area contributed by atoms with Crippen LogP contribution < -0.4 is 9.47 Å². The van der Waals surface area contributed by atoms with Gasteiger partial charge in [0.15, 0.2) is 0 Å². The van der Waals surface area contributed by atoms with E-state index in [4.69, 9.17) is 18.9 Å². The van der Waals surface area contributed by atoms with E-state index in [9.17, 15) is 9.59 Å². The highest BCUT2D eigenvalue weighted by molar-refractivity contribution is 5.98. The van der Waals surface area contributed by atoms with E-state index in [0.717, 1.165) is 30.4 Å². The van der Waals surface area contributed by atoms with Crippen LogP contribution >= 0.6 is 0 Å². The predicted molar refractivity (Wildman–Crippen MR) is 110 cm³/mol. The van der Waals surface area contributed by atoms with Crippen LogP contribution in [0.2, 0.25) is 0 Å². The minimum absolute atomic E-state index is 0.280. The van der Waals surface area contributed by atoms with E-state index >= 15 is 0 Å². The molecule has 0 radical (unpaired) electrons. The summed E-state index contributed by atoms with van der Waals surface area (Å²) in [6.45, 7) is 9.24. The average Bonchev–Trinajstić information content (AvgIpc) is 2.63. The molecule has 3 rings (SSSR count). The molecule has 0 N–H and O–H groups in total. The van der Waals surface area contributed by atoms with Crippen molar-refractivity contribution in [3.8, 4) is 11.5 Å². The molecule has 0 saturated carbocycles. The Labute approximate surface area is 171 Å². The van der Waals surface area contributed by atoms with Gasteiger partial charge in [-0.3, -0.25) is 0 Å². The van der Waals surface area contributed by atoms with E-state index in [2.05, 4.69) is 6.92 Å². The van der Waals surface area contributed by atoms with Gasteiger partial charge in [0.05, 0.1) is 12.2 Å². The van der Waals surface area contributed by atoms with Crippen LogP contribution in [0.1, 0.15) is 52.2 Å². The number of rotatable bonds is 4. The summed E-state index contributed by atoms with van der Waals surface area (Å²) >= 11 is 0. The van der Waals surface area contributed by atoms with Crippen molar-refractivity contribution in [2.24, 2.45) is 5.92 Å².